The van der Waals surface area contributed by atoms with Gasteiger partial charge in [0.2, 0.25) is 0 Å². The molecule has 0 bridgehead atoms. The van der Waals surface area contributed by atoms with E-state index in [1.165, 1.54) is 11.8 Å². The Labute approximate surface area is 92.5 Å². The third-order valence-corrected chi connectivity index (χ3v) is 2.90. The van der Waals surface area contributed by atoms with E-state index in [9.17, 15) is 9.59 Å². The summed E-state index contributed by atoms with van der Waals surface area (Å²) >= 11 is 1.49. The molecule has 1 aromatic rings. The van der Waals surface area contributed by atoms with Crippen LogP contribution in [0, 0.1) is 0 Å². The van der Waals surface area contributed by atoms with Crippen LogP contribution >= 0.6 is 11.8 Å². The first-order valence-corrected chi connectivity index (χ1v) is 5.64. The van der Waals surface area contributed by atoms with Crippen LogP contribution in [0.1, 0.15) is 22.8 Å². The molecule has 1 rings (SSSR count). The topological polar surface area (TPSA) is 54.4 Å². The average Bonchev–Trinajstić information content (AvgIpc) is 2.17. The maximum Gasteiger partial charge on any atom is 0.335 e. The van der Waals surface area contributed by atoms with Crippen LogP contribution in [0.25, 0.3) is 0 Å². The number of Topliss-reactive ketones (excluding diaryl/α,β-unsaturated/α-hetero) is 1. The summed E-state index contributed by atoms with van der Waals surface area (Å²) in [5.41, 5.74) is 1.22. The zero-order chi connectivity index (χ0) is 11.3. The van der Waals surface area contributed by atoms with E-state index in [1.54, 1.807) is 25.1 Å². The Bertz CT molecular complexity index is 374. The molecule has 0 saturated heterocycles. The van der Waals surface area contributed by atoms with Crippen LogP contribution in [0.3, 0.4) is 0 Å². The molecule has 0 heterocycles. The molecule has 80 valence electrons. The van der Waals surface area contributed by atoms with Crippen molar-refractivity contribution in [3.63, 3.8) is 0 Å². The second-order valence-corrected chi connectivity index (χ2v) is 4.19. The summed E-state index contributed by atoms with van der Waals surface area (Å²) in [6.45, 7) is 1.54. The standard InChI is InChI=1S/C11H12O3S/c1-8(12)6-15-7-9-3-2-4-10(5-9)11(13)14/h2-5H,6-7H2,1H3,(H,13,14). The molecule has 0 radical (unpaired) electrons. The molecule has 0 saturated carbocycles. The molecule has 0 spiro atoms. The quantitative estimate of drug-likeness (QED) is 0.833. The van der Waals surface area contributed by atoms with Crippen molar-refractivity contribution in [2.24, 2.45) is 0 Å². The van der Waals surface area contributed by atoms with Gasteiger partial charge in [-0.3, -0.25) is 4.79 Å². The van der Waals surface area contributed by atoms with Crippen LogP contribution in [0.5, 0.6) is 0 Å². The zero-order valence-corrected chi connectivity index (χ0v) is 9.21. The summed E-state index contributed by atoms with van der Waals surface area (Å²) in [6, 6.07) is 6.77. The van der Waals surface area contributed by atoms with E-state index in [1.807, 2.05) is 6.07 Å². The summed E-state index contributed by atoms with van der Waals surface area (Å²) in [6.07, 6.45) is 0. The van der Waals surface area contributed by atoms with Crippen molar-refractivity contribution in [1.82, 2.24) is 0 Å². The molecule has 0 unspecified atom stereocenters. The number of hydrogen-bond donors (Lipinski definition) is 1. The van der Waals surface area contributed by atoms with E-state index in [4.69, 9.17) is 5.11 Å². The zero-order valence-electron chi connectivity index (χ0n) is 8.40. The Kier molecular flexibility index (Phi) is 4.37. The fourth-order valence-electron chi connectivity index (χ4n) is 1.11. The molecule has 0 amide bonds. The normalized spacial score (nSPS) is 9.93. The first-order chi connectivity index (χ1) is 7.09. The van der Waals surface area contributed by atoms with Crippen LogP contribution in [0.2, 0.25) is 0 Å². The monoisotopic (exact) mass is 224 g/mol. The maximum absolute atomic E-state index is 10.7. The van der Waals surface area contributed by atoms with Gasteiger partial charge < -0.3 is 5.11 Å². The smallest absolute Gasteiger partial charge is 0.335 e. The SMILES string of the molecule is CC(=O)CSCc1cccc(C(=O)O)c1. The number of carbonyl (C=O) groups excluding carboxylic acids is 1. The van der Waals surface area contributed by atoms with Gasteiger partial charge in [0.05, 0.1) is 11.3 Å². The van der Waals surface area contributed by atoms with Gasteiger partial charge in [0, 0.05) is 5.75 Å². The largest absolute Gasteiger partial charge is 0.478 e. The third kappa shape index (κ3) is 4.16. The first kappa shape index (κ1) is 11.8. The number of carboxylic acids is 1. The van der Waals surface area contributed by atoms with Gasteiger partial charge in [0.1, 0.15) is 5.78 Å². The van der Waals surface area contributed by atoms with Gasteiger partial charge in [-0.15, -0.1) is 11.8 Å². The molecular weight excluding hydrogens is 212 g/mol. The molecule has 1 N–H and O–H groups in total. The van der Waals surface area contributed by atoms with Crippen molar-refractivity contribution in [3.8, 4) is 0 Å². The summed E-state index contributed by atoms with van der Waals surface area (Å²) in [5.74, 6) is 0.348. The molecule has 1 aromatic carbocycles. The summed E-state index contributed by atoms with van der Waals surface area (Å²) in [4.78, 5) is 21.4. The minimum Gasteiger partial charge on any atom is -0.478 e. The Morgan fingerprint density at radius 1 is 1.40 bits per heavy atom. The Morgan fingerprint density at radius 2 is 2.13 bits per heavy atom. The number of carboxylic acid groups (broad SMARTS) is 1. The van der Waals surface area contributed by atoms with Crippen LogP contribution in [-0.4, -0.2) is 22.6 Å². The second kappa shape index (κ2) is 5.56. The first-order valence-electron chi connectivity index (χ1n) is 4.49. The lowest BCUT2D eigenvalue weighted by Gasteiger charge is -2.01. The van der Waals surface area contributed by atoms with Gasteiger partial charge in [0.25, 0.3) is 0 Å². The van der Waals surface area contributed by atoms with Gasteiger partial charge >= 0.3 is 5.97 Å². The van der Waals surface area contributed by atoms with Gasteiger partial charge in [-0.1, -0.05) is 12.1 Å². The summed E-state index contributed by atoms with van der Waals surface area (Å²) in [7, 11) is 0. The van der Waals surface area contributed by atoms with Crippen molar-refractivity contribution in [2.75, 3.05) is 5.75 Å². The van der Waals surface area contributed by atoms with Gasteiger partial charge in [-0.25, -0.2) is 4.79 Å². The van der Waals surface area contributed by atoms with Crippen LogP contribution in [-0.2, 0) is 10.5 Å². The van der Waals surface area contributed by atoms with Crippen molar-refractivity contribution in [3.05, 3.63) is 35.4 Å². The fraction of sp³-hybridized carbons (Fsp3) is 0.273. The van der Waals surface area contributed by atoms with Crippen LogP contribution in [0.15, 0.2) is 24.3 Å². The van der Waals surface area contributed by atoms with Gasteiger partial charge in [0.15, 0.2) is 0 Å². The van der Waals surface area contributed by atoms with Crippen LogP contribution in [0.4, 0.5) is 0 Å². The van der Waals surface area contributed by atoms with Crippen molar-refractivity contribution in [1.29, 1.82) is 0 Å². The molecule has 0 aliphatic heterocycles. The summed E-state index contributed by atoms with van der Waals surface area (Å²) in [5, 5.41) is 8.76. The predicted octanol–water partition coefficient (Wildman–Crippen LogP) is 2.21. The Morgan fingerprint density at radius 3 is 2.73 bits per heavy atom. The number of ketones is 1. The fourth-order valence-corrected chi connectivity index (χ4v) is 1.91. The van der Waals surface area contributed by atoms with E-state index in [2.05, 4.69) is 0 Å². The lowest BCUT2D eigenvalue weighted by atomic mass is 10.1. The van der Waals surface area contributed by atoms with Crippen molar-refractivity contribution >= 4 is 23.5 Å². The number of rotatable bonds is 5. The highest BCUT2D eigenvalue weighted by Crippen LogP contribution is 2.13. The van der Waals surface area contributed by atoms with Gasteiger partial charge in [-0.05, 0) is 24.6 Å². The lowest BCUT2D eigenvalue weighted by Crippen LogP contribution is -1.98. The molecule has 0 aromatic heterocycles. The number of aromatic carboxylic acids is 1. The van der Waals surface area contributed by atoms with Crippen molar-refractivity contribution in [2.45, 2.75) is 12.7 Å². The number of carbonyl (C=O) groups is 2. The molecule has 0 fully saturated rings. The number of thioether (sulfide) groups is 1. The molecule has 0 aliphatic carbocycles. The van der Waals surface area contributed by atoms with Gasteiger partial charge in [-0.2, -0.15) is 0 Å². The third-order valence-electron chi connectivity index (χ3n) is 1.75. The molecule has 15 heavy (non-hydrogen) atoms. The van der Waals surface area contributed by atoms with E-state index in [0.29, 0.717) is 11.5 Å². The lowest BCUT2D eigenvalue weighted by molar-refractivity contribution is -0.114. The minimum absolute atomic E-state index is 0.134. The average molecular weight is 224 g/mol. The minimum atomic E-state index is -0.923. The second-order valence-electron chi connectivity index (χ2n) is 3.20. The molecular formula is C11H12O3S. The van der Waals surface area contributed by atoms with Crippen molar-refractivity contribution < 1.29 is 14.7 Å². The molecule has 4 heteroatoms. The summed E-state index contributed by atoms with van der Waals surface area (Å²) < 4.78 is 0. The molecule has 0 atom stereocenters. The Balaban J connectivity index is 2.58. The number of hydrogen-bond acceptors (Lipinski definition) is 3. The highest BCUT2D eigenvalue weighted by Gasteiger charge is 2.03. The Hall–Kier alpha value is -1.29. The number of benzene rings is 1. The molecule has 3 nitrogen and oxygen atoms in total. The van der Waals surface area contributed by atoms with E-state index >= 15 is 0 Å². The maximum atomic E-state index is 10.7. The van der Waals surface area contributed by atoms with E-state index in [-0.39, 0.29) is 11.3 Å². The van der Waals surface area contributed by atoms with E-state index < -0.39 is 5.97 Å². The predicted molar refractivity (Wildman–Crippen MR) is 60.2 cm³/mol. The molecule has 0 aliphatic rings. The highest BCUT2D eigenvalue weighted by atomic mass is 32.2. The highest BCUT2D eigenvalue weighted by molar-refractivity contribution is 7.99. The van der Waals surface area contributed by atoms with E-state index in [0.717, 1.165) is 5.56 Å². The van der Waals surface area contributed by atoms with Crippen LogP contribution < -0.4 is 0 Å².